The van der Waals surface area contributed by atoms with Crippen molar-refractivity contribution in [3.05, 3.63) is 35.9 Å². The van der Waals surface area contributed by atoms with Crippen molar-refractivity contribution >= 4 is 23.9 Å². The third-order valence-corrected chi connectivity index (χ3v) is 6.51. The molecule has 2 atom stereocenters. The lowest BCUT2D eigenvalue weighted by Crippen LogP contribution is -2.45. The molecule has 1 aromatic rings. The van der Waals surface area contributed by atoms with Gasteiger partial charge in [-0.25, -0.2) is 9.59 Å². The lowest BCUT2D eigenvalue weighted by atomic mass is 10.1. The summed E-state index contributed by atoms with van der Waals surface area (Å²) in [6, 6.07) is 8.22. The van der Waals surface area contributed by atoms with Crippen LogP contribution in [0.3, 0.4) is 0 Å². The number of hydrogen-bond donors (Lipinski definition) is 2. The Balaban J connectivity index is 2.58. The highest BCUT2D eigenvalue weighted by molar-refractivity contribution is 5.82. The molecule has 0 aromatic heterocycles. The van der Waals surface area contributed by atoms with Crippen molar-refractivity contribution in [2.75, 3.05) is 13.2 Å². The van der Waals surface area contributed by atoms with Crippen LogP contribution in [0.1, 0.15) is 117 Å². The molecule has 10 heteroatoms. The normalized spacial score (nSPS) is 12.7. The summed E-state index contributed by atoms with van der Waals surface area (Å²) in [5.41, 5.74) is 5.50. The number of nitrogens with two attached hydrogens (primary N) is 1. The summed E-state index contributed by atoms with van der Waals surface area (Å²) in [7, 11) is 0. The van der Waals surface area contributed by atoms with Crippen LogP contribution in [0.2, 0.25) is 0 Å². The van der Waals surface area contributed by atoms with Gasteiger partial charge < -0.3 is 30.0 Å². The van der Waals surface area contributed by atoms with E-state index in [2.05, 4.69) is 12.2 Å². The molecule has 0 heterocycles. The molecular weight excluding hydrogens is 552 g/mol. The summed E-state index contributed by atoms with van der Waals surface area (Å²) in [6.07, 6.45) is 8.13. The fourth-order valence-corrected chi connectivity index (χ4v) is 4.31. The summed E-state index contributed by atoms with van der Waals surface area (Å²) < 4.78 is 22.0. The summed E-state index contributed by atoms with van der Waals surface area (Å²) in [4.78, 5) is 49.5. The number of carbonyl (C=O) groups is 4. The number of unbranched alkanes of at least 4 members (excludes halogenated alkanes) is 6. The number of primary amides is 1. The molecule has 1 rings (SSSR count). The van der Waals surface area contributed by atoms with Crippen molar-refractivity contribution in [2.45, 2.75) is 136 Å². The maximum atomic E-state index is 13.1. The molecule has 0 unspecified atom stereocenters. The summed E-state index contributed by atoms with van der Waals surface area (Å²) >= 11 is 0. The molecule has 0 bridgehead atoms. The average Bonchev–Trinajstić information content (AvgIpc) is 2.93. The van der Waals surface area contributed by atoms with Crippen LogP contribution in [-0.4, -0.2) is 54.9 Å². The predicted octanol–water partition coefficient (Wildman–Crippen LogP) is 6.13. The van der Waals surface area contributed by atoms with E-state index in [0.717, 1.165) is 18.4 Å². The zero-order valence-corrected chi connectivity index (χ0v) is 26.7. The topological polar surface area (TPSA) is 143 Å². The Morgan fingerprint density at radius 2 is 1.51 bits per heavy atom. The van der Waals surface area contributed by atoms with Crippen molar-refractivity contribution in [3.8, 4) is 0 Å². The number of carbonyl (C=O) groups excluding carboxylic acids is 4. The van der Waals surface area contributed by atoms with E-state index in [0.29, 0.717) is 26.1 Å². The van der Waals surface area contributed by atoms with Crippen molar-refractivity contribution in [3.63, 3.8) is 0 Å². The number of amides is 2. The molecule has 0 saturated heterocycles. The minimum atomic E-state index is -1.08. The van der Waals surface area contributed by atoms with Crippen LogP contribution in [0.25, 0.3) is 0 Å². The maximum absolute atomic E-state index is 13.1. The van der Waals surface area contributed by atoms with E-state index in [9.17, 15) is 19.2 Å². The number of rotatable bonds is 23. The average molecular weight is 607 g/mol. The first-order valence-electron chi connectivity index (χ1n) is 15.8. The Labute approximate surface area is 257 Å². The summed E-state index contributed by atoms with van der Waals surface area (Å²) in [5, 5.41) is 2.55. The number of esters is 2. The fraction of sp³-hybridized carbons (Fsp3) is 0.697. The van der Waals surface area contributed by atoms with Gasteiger partial charge in [-0.05, 0) is 58.4 Å². The molecule has 0 radical (unpaired) electrons. The van der Waals surface area contributed by atoms with Gasteiger partial charge in [-0.3, -0.25) is 9.59 Å². The molecule has 0 aliphatic heterocycles. The Hall–Kier alpha value is -3.14. The van der Waals surface area contributed by atoms with Crippen molar-refractivity contribution in [2.24, 2.45) is 5.73 Å². The summed E-state index contributed by atoms with van der Waals surface area (Å²) in [5.74, 6) is -1.74. The second-order valence-corrected chi connectivity index (χ2v) is 11.8. The maximum Gasteiger partial charge on any atom is 0.408 e. The first-order valence-corrected chi connectivity index (χ1v) is 15.8. The SMILES string of the molecule is CCCCCCCCCOCCC[C@@H](CC(N)=O)OC(=O)[C@H](CCCC(=O)OCc1ccccc1)NC(=O)OC(C)(C)C. The third-order valence-electron chi connectivity index (χ3n) is 6.51. The van der Waals surface area contributed by atoms with Crippen molar-refractivity contribution < 1.29 is 38.1 Å². The van der Waals surface area contributed by atoms with Gasteiger partial charge in [-0.15, -0.1) is 0 Å². The predicted molar refractivity (Wildman–Crippen MR) is 165 cm³/mol. The number of benzene rings is 1. The highest BCUT2D eigenvalue weighted by Crippen LogP contribution is 2.14. The zero-order chi connectivity index (χ0) is 31.9. The van der Waals surface area contributed by atoms with Crippen LogP contribution < -0.4 is 11.1 Å². The van der Waals surface area contributed by atoms with Crippen LogP contribution in [0.4, 0.5) is 4.79 Å². The Morgan fingerprint density at radius 1 is 0.860 bits per heavy atom. The molecular formula is C33H54N2O8. The Morgan fingerprint density at radius 3 is 2.16 bits per heavy atom. The molecule has 43 heavy (non-hydrogen) atoms. The molecule has 0 spiro atoms. The Kier molecular flexibility index (Phi) is 19.7. The van der Waals surface area contributed by atoms with Crippen molar-refractivity contribution in [1.82, 2.24) is 5.32 Å². The van der Waals surface area contributed by atoms with Gasteiger partial charge in [0.1, 0.15) is 24.4 Å². The minimum absolute atomic E-state index is 0.0490. The van der Waals surface area contributed by atoms with E-state index >= 15 is 0 Å². The van der Waals surface area contributed by atoms with Crippen LogP contribution in [0.15, 0.2) is 30.3 Å². The van der Waals surface area contributed by atoms with E-state index in [-0.39, 0.29) is 32.3 Å². The lowest BCUT2D eigenvalue weighted by Gasteiger charge is -2.24. The molecule has 1 aromatic carbocycles. The van der Waals surface area contributed by atoms with E-state index in [4.69, 9.17) is 24.7 Å². The second-order valence-electron chi connectivity index (χ2n) is 11.8. The van der Waals surface area contributed by atoms with Gasteiger partial charge in [0.2, 0.25) is 5.91 Å². The van der Waals surface area contributed by atoms with E-state index in [1.54, 1.807) is 20.8 Å². The quantitative estimate of drug-likeness (QED) is 0.0861. The van der Waals surface area contributed by atoms with Crippen LogP contribution in [0.5, 0.6) is 0 Å². The van der Waals surface area contributed by atoms with Gasteiger partial charge in [0.25, 0.3) is 0 Å². The van der Waals surface area contributed by atoms with Gasteiger partial charge in [0.15, 0.2) is 0 Å². The molecule has 0 fully saturated rings. The van der Waals surface area contributed by atoms with Gasteiger partial charge in [-0.2, -0.15) is 0 Å². The van der Waals surface area contributed by atoms with E-state index in [1.165, 1.54) is 32.1 Å². The highest BCUT2D eigenvalue weighted by Gasteiger charge is 2.28. The van der Waals surface area contributed by atoms with Crippen LogP contribution >= 0.6 is 0 Å². The molecule has 244 valence electrons. The number of alkyl carbamates (subject to hydrolysis) is 1. The first kappa shape index (κ1) is 37.9. The standard InChI is InChI=1S/C33H54N2O8/c1-5-6-7-8-9-10-14-22-40-23-16-19-27(24-29(34)36)42-31(38)28(35-32(39)43-33(2,3)4)20-15-21-30(37)41-25-26-17-12-11-13-18-26/h11-13,17-18,27-28H,5-10,14-16,19-25H2,1-4H3,(H2,34,36)(H,35,39)/t27-,28-/m0/s1. The van der Waals surface area contributed by atoms with Crippen LogP contribution in [0, 0.1) is 0 Å². The smallest absolute Gasteiger partial charge is 0.408 e. The lowest BCUT2D eigenvalue weighted by molar-refractivity contribution is -0.154. The number of ether oxygens (including phenoxy) is 4. The molecule has 3 N–H and O–H groups in total. The Bertz CT molecular complexity index is 933. The van der Waals surface area contributed by atoms with E-state index < -0.39 is 41.7 Å². The molecule has 10 nitrogen and oxygen atoms in total. The third kappa shape index (κ3) is 21.2. The summed E-state index contributed by atoms with van der Waals surface area (Å²) in [6.45, 7) is 8.64. The monoisotopic (exact) mass is 606 g/mol. The first-order chi connectivity index (χ1) is 20.5. The minimum Gasteiger partial charge on any atom is -0.461 e. The van der Waals surface area contributed by atoms with Crippen LogP contribution in [-0.2, 0) is 39.9 Å². The number of nitrogens with one attached hydrogen (secondary N) is 1. The van der Waals surface area contributed by atoms with Crippen molar-refractivity contribution in [1.29, 1.82) is 0 Å². The van der Waals surface area contributed by atoms with Gasteiger partial charge in [0, 0.05) is 19.6 Å². The second kappa shape index (κ2) is 22.4. The largest absolute Gasteiger partial charge is 0.461 e. The fourth-order valence-electron chi connectivity index (χ4n) is 4.31. The highest BCUT2D eigenvalue weighted by atomic mass is 16.6. The van der Waals surface area contributed by atoms with E-state index in [1.807, 2.05) is 30.3 Å². The molecule has 0 saturated carbocycles. The van der Waals surface area contributed by atoms with Gasteiger partial charge >= 0.3 is 18.0 Å². The van der Waals surface area contributed by atoms with Gasteiger partial charge in [-0.1, -0.05) is 75.8 Å². The zero-order valence-electron chi connectivity index (χ0n) is 26.7. The molecule has 0 aliphatic carbocycles. The molecule has 2 amide bonds. The van der Waals surface area contributed by atoms with Gasteiger partial charge in [0.05, 0.1) is 6.42 Å². The molecule has 0 aliphatic rings. The number of hydrogen-bond acceptors (Lipinski definition) is 8.